The Bertz CT molecular complexity index is 602. The molecule has 2 nitrogen and oxygen atoms in total. The smallest absolute Gasteiger partial charge is 0.161 e. The van der Waals surface area contributed by atoms with Gasteiger partial charge in [0.25, 0.3) is 0 Å². The minimum absolute atomic E-state index is 0.128. The van der Waals surface area contributed by atoms with Gasteiger partial charge in [0.15, 0.2) is 11.6 Å². The van der Waals surface area contributed by atoms with Crippen molar-refractivity contribution in [2.24, 2.45) is 0 Å². The van der Waals surface area contributed by atoms with Crippen LogP contribution in [0, 0.1) is 21.0 Å². The van der Waals surface area contributed by atoms with Gasteiger partial charge in [-0.25, -0.2) is 13.2 Å². The van der Waals surface area contributed by atoms with Crippen LogP contribution in [-0.4, -0.2) is 0 Å². The highest BCUT2D eigenvalue weighted by molar-refractivity contribution is 14.1. The molecule has 0 saturated carbocycles. The highest BCUT2D eigenvalue weighted by atomic mass is 127. The van der Waals surface area contributed by atoms with Crippen molar-refractivity contribution in [3.05, 3.63) is 51.4 Å². The normalized spacial score (nSPS) is 10.4. The lowest BCUT2D eigenvalue weighted by atomic mass is 10.2. The molecule has 2 aromatic rings. The van der Waals surface area contributed by atoms with Gasteiger partial charge in [-0.2, -0.15) is 0 Å². The van der Waals surface area contributed by atoms with E-state index in [0.717, 1.165) is 9.64 Å². The first-order chi connectivity index (χ1) is 8.47. The van der Waals surface area contributed by atoms with E-state index in [1.807, 2.05) is 22.6 Å². The van der Waals surface area contributed by atoms with Gasteiger partial charge < -0.3 is 11.1 Å². The van der Waals surface area contributed by atoms with E-state index in [0.29, 0.717) is 17.4 Å². The zero-order valence-corrected chi connectivity index (χ0v) is 11.1. The Morgan fingerprint density at radius 3 is 2.22 bits per heavy atom. The van der Waals surface area contributed by atoms with Crippen molar-refractivity contribution in [3.8, 4) is 0 Å². The molecule has 0 bridgehead atoms. The van der Waals surface area contributed by atoms with E-state index in [1.54, 1.807) is 18.2 Å². The fraction of sp³-hybridized carbons (Fsp3) is 0. The molecule has 3 N–H and O–H groups in total. The van der Waals surface area contributed by atoms with Crippen molar-refractivity contribution in [2.75, 3.05) is 11.1 Å². The largest absolute Gasteiger partial charge is 0.399 e. The van der Waals surface area contributed by atoms with Crippen molar-refractivity contribution < 1.29 is 13.2 Å². The summed E-state index contributed by atoms with van der Waals surface area (Å²) in [4.78, 5) is 0. The Morgan fingerprint density at radius 2 is 1.56 bits per heavy atom. The molecule has 0 fully saturated rings. The topological polar surface area (TPSA) is 38.0 Å². The molecule has 2 aromatic carbocycles. The van der Waals surface area contributed by atoms with Crippen LogP contribution in [0.3, 0.4) is 0 Å². The van der Waals surface area contributed by atoms with Crippen LogP contribution in [-0.2, 0) is 0 Å². The van der Waals surface area contributed by atoms with Crippen LogP contribution >= 0.6 is 22.6 Å². The van der Waals surface area contributed by atoms with E-state index in [2.05, 4.69) is 5.32 Å². The van der Waals surface area contributed by atoms with Crippen LogP contribution in [0.2, 0.25) is 0 Å². The van der Waals surface area contributed by atoms with Crippen LogP contribution in [0.4, 0.5) is 30.2 Å². The zero-order valence-electron chi connectivity index (χ0n) is 8.98. The van der Waals surface area contributed by atoms with Crippen molar-refractivity contribution in [3.63, 3.8) is 0 Å². The molecule has 0 saturated heterocycles. The van der Waals surface area contributed by atoms with Crippen molar-refractivity contribution in [2.45, 2.75) is 0 Å². The number of nitrogens with one attached hydrogen (secondary N) is 1. The quantitative estimate of drug-likeness (QED) is 0.480. The fourth-order valence-electron chi connectivity index (χ4n) is 1.40. The summed E-state index contributed by atoms with van der Waals surface area (Å²) in [6.07, 6.45) is 0. The number of nitrogen functional groups attached to an aromatic ring is 1. The van der Waals surface area contributed by atoms with E-state index >= 15 is 0 Å². The van der Waals surface area contributed by atoms with E-state index in [-0.39, 0.29) is 5.69 Å². The lowest BCUT2D eigenvalue weighted by Crippen LogP contribution is -1.99. The lowest BCUT2D eigenvalue weighted by Gasteiger charge is -2.10. The average molecular weight is 364 g/mol. The third-order valence-electron chi connectivity index (χ3n) is 2.27. The molecular formula is C12H8F3IN2. The Balaban J connectivity index is 2.37. The van der Waals surface area contributed by atoms with Gasteiger partial charge in [0.1, 0.15) is 5.82 Å². The molecule has 0 amide bonds. The average Bonchev–Trinajstić information content (AvgIpc) is 2.29. The first-order valence-electron chi connectivity index (χ1n) is 4.94. The maximum atomic E-state index is 13.4. The van der Waals surface area contributed by atoms with Gasteiger partial charge in [0.2, 0.25) is 0 Å². The number of hydrogen-bond donors (Lipinski definition) is 2. The summed E-state index contributed by atoms with van der Waals surface area (Å²) in [5.74, 6) is -3.18. The Kier molecular flexibility index (Phi) is 3.65. The monoisotopic (exact) mass is 364 g/mol. The molecule has 0 atom stereocenters. The van der Waals surface area contributed by atoms with E-state index < -0.39 is 17.5 Å². The molecular weight excluding hydrogens is 356 g/mol. The summed E-state index contributed by atoms with van der Waals surface area (Å²) in [6.45, 7) is 0. The van der Waals surface area contributed by atoms with Gasteiger partial charge >= 0.3 is 0 Å². The van der Waals surface area contributed by atoms with Crippen LogP contribution in [0.25, 0.3) is 0 Å². The maximum absolute atomic E-state index is 13.4. The van der Waals surface area contributed by atoms with Gasteiger partial charge in [-0.15, -0.1) is 0 Å². The molecule has 2 rings (SSSR count). The van der Waals surface area contributed by atoms with Crippen LogP contribution in [0.5, 0.6) is 0 Å². The van der Waals surface area contributed by atoms with Gasteiger partial charge in [-0.1, -0.05) is 0 Å². The second kappa shape index (κ2) is 5.05. The molecule has 18 heavy (non-hydrogen) atoms. The Morgan fingerprint density at radius 1 is 0.889 bits per heavy atom. The second-order valence-electron chi connectivity index (χ2n) is 3.61. The van der Waals surface area contributed by atoms with E-state index in [1.165, 1.54) is 0 Å². The maximum Gasteiger partial charge on any atom is 0.161 e. The van der Waals surface area contributed by atoms with Crippen molar-refractivity contribution in [1.29, 1.82) is 0 Å². The number of rotatable bonds is 2. The molecule has 0 aliphatic carbocycles. The molecule has 0 radical (unpaired) electrons. The van der Waals surface area contributed by atoms with Gasteiger partial charge in [-0.05, 0) is 40.8 Å². The van der Waals surface area contributed by atoms with Gasteiger partial charge in [-0.3, -0.25) is 0 Å². The Labute approximate surface area is 115 Å². The summed E-state index contributed by atoms with van der Waals surface area (Å²) in [7, 11) is 0. The lowest BCUT2D eigenvalue weighted by molar-refractivity contribution is 0.496. The summed E-state index contributed by atoms with van der Waals surface area (Å²) in [6, 6.07) is 6.22. The van der Waals surface area contributed by atoms with Gasteiger partial charge in [0, 0.05) is 21.4 Å². The third-order valence-corrected chi connectivity index (χ3v) is 3.16. The minimum Gasteiger partial charge on any atom is -0.399 e. The fourth-order valence-corrected chi connectivity index (χ4v) is 2.07. The summed E-state index contributed by atoms with van der Waals surface area (Å²) < 4.78 is 40.0. The van der Waals surface area contributed by atoms with Crippen molar-refractivity contribution in [1.82, 2.24) is 0 Å². The highest BCUT2D eigenvalue weighted by Gasteiger charge is 2.11. The standard InChI is InChI=1S/C12H8F3IN2/c13-7-4-9(15)12(5-8(7)14)18-11-2-1-6(17)3-10(11)16/h1-5,18H,17H2. The van der Waals surface area contributed by atoms with Crippen molar-refractivity contribution >= 4 is 39.7 Å². The van der Waals surface area contributed by atoms with Gasteiger partial charge in [0.05, 0.1) is 11.4 Å². The second-order valence-corrected chi connectivity index (χ2v) is 4.77. The van der Waals surface area contributed by atoms with E-state index in [9.17, 15) is 13.2 Å². The summed E-state index contributed by atoms with van der Waals surface area (Å²) >= 11 is 2.01. The van der Waals surface area contributed by atoms with Crippen LogP contribution < -0.4 is 11.1 Å². The highest BCUT2D eigenvalue weighted by Crippen LogP contribution is 2.27. The molecule has 0 heterocycles. The van der Waals surface area contributed by atoms with Crippen LogP contribution in [0.15, 0.2) is 30.3 Å². The molecule has 0 unspecified atom stereocenters. The molecule has 0 spiro atoms. The number of halogens is 4. The summed E-state index contributed by atoms with van der Waals surface area (Å²) in [5, 5.41) is 2.69. The molecule has 0 aliphatic rings. The minimum atomic E-state index is -1.22. The SMILES string of the molecule is Nc1ccc(Nc2cc(F)c(F)cc2F)c(I)c1. The van der Waals surface area contributed by atoms with E-state index in [4.69, 9.17) is 5.73 Å². The molecule has 6 heteroatoms. The molecule has 94 valence electrons. The predicted molar refractivity (Wildman–Crippen MR) is 73.2 cm³/mol. The zero-order chi connectivity index (χ0) is 13.3. The number of anilines is 3. The third kappa shape index (κ3) is 2.69. The predicted octanol–water partition coefficient (Wildman–Crippen LogP) is 4.03. The molecule has 0 aromatic heterocycles. The van der Waals surface area contributed by atoms with Crippen LogP contribution in [0.1, 0.15) is 0 Å². The summed E-state index contributed by atoms with van der Waals surface area (Å²) in [5.41, 5.74) is 6.58. The number of nitrogens with two attached hydrogens (primary N) is 1. The number of hydrogen-bond acceptors (Lipinski definition) is 2. The molecule has 0 aliphatic heterocycles. The first-order valence-corrected chi connectivity index (χ1v) is 6.02. The number of benzene rings is 2. The first kappa shape index (κ1) is 13.0. The Hall–Kier alpha value is -1.44.